The number of carbonyl (C=O) groups is 5. The molecule has 11 atom stereocenters. The van der Waals surface area contributed by atoms with Gasteiger partial charge < -0.3 is 30.7 Å². The van der Waals surface area contributed by atoms with Crippen molar-refractivity contribution in [3.63, 3.8) is 0 Å². The van der Waals surface area contributed by atoms with E-state index in [9.17, 15) is 34.2 Å². The number of nitrogens with zero attached hydrogens (tertiary/aromatic N) is 1. The molecule has 0 spiro atoms. The summed E-state index contributed by atoms with van der Waals surface area (Å²) in [5.74, 6) is -4.58. The van der Waals surface area contributed by atoms with Crippen LogP contribution in [0.1, 0.15) is 69.9 Å². The standard InChI is InChI=1S/C47H53N3O9/c1-26-18-38-34-11-9-31-20-33(51)12-15-45(31,2)41(34)39(52)22-46(38,3)47(26,57)40(53)25-59-44(56)36-21-35(36)43(55)58-17-14-27-4-6-28(7-5-27)37(23-48)42(54)50-32-10-8-30-24-49-16-13-29(30)19-32/h4-8,10,12-13,15-16,19-20,24,26,34-39,41,52,57H,9,11,14,17-18,21-23,25,48H2,1-3H3,(H,50,54)/t26-,34+,35?,36?,37?,38+,39+,41?,45+,46+,47+/m1/s1. The highest BCUT2D eigenvalue weighted by molar-refractivity contribution is 6.01. The second-order valence-corrected chi connectivity index (χ2v) is 18.0. The Labute approximate surface area is 343 Å². The minimum Gasteiger partial charge on any atom is -0.465 e. The van der Waals surface area contributed by atoms with Gasteiger partial charge in [-0.1, -0.05) is 62.8 Å². The van der Waals surface area contributed by atoms with Crippen LogP contribution in [0.2, 0.25) is 0 Å². The number of fused-ring (bicyclic) bond motifs is 6. The fourth-order valence-corrected chi connectivity index (χ4v) is 11.4. The van der Waals surface area contributed by atoms with Gasteiger partial charge in [0.1, 0.15) is 5.60 Å². The molecule has 0 radical (unpaired) electrons. The predicted molar refractivity (Wildman–Crippen MR) is 218 cm³/mol. The number of hydrogen-bond donors (Lipinski definition) is 4. The topological polar surface area (TPSA) is 195 Å². The summed E-state index contributed by atoms with van der Waals surface area (Å²) in [7, 11) is 0. The monoisotopic (exact) mass is 803 g/mol. The van der Waals surface area contributed by atoms with Crippen molar-refractivity contribution in [1.82, 2.24) is 4.98 Å². The van der Waals surface area contributed by atoms with Gasteiger partial charge in [-0.25, -0.2) is 0 Å². The predicted octanol–water partition coefficient (Wildman–Crippen LogP) is 5.01. The third-order valence-corrected chi connectivity index (χ3v) is 14.7. The summed E-state index contributed by atoms with van der Waals surface area (Å²) in [6.45, 7) is 5.41. The second kappa shape index (κ2) is 15.5. The van der Waals surface area contributed by atoms with E-state index in [0.29, 0.717) is 24.9 Å². The number of nitrogens with two attached hydrogens (primary N) is 1. The van der Waals surface area contributed by atoms with Crippen LogP contribution < -0.4 is 11.1 Å². The number of Topliss-reactive ketones (excluding diaryl/α,β-unsaturated/α-hetero) is 1. The Kier molecular flexibility index (Phi) is 10.7. The van der Waals surface area contributed by atoms with Crippen LogP contribution in [0.4, 0.5) is 5.69 Å². The smallest absolute Gasteiger partial charge is 0.310 e. The van der Waals surface area contributed by atoms with Crippen molar-refractivity contribution in [3.8, 4) is 0 Å². The number of ether oxygens (including phenoxy) is 2. The van der Waals surface area contributed by atoms with E-state index in [-0.39, 0.29) is 55.4 Å². The highest BCUT2D eigenvalue weighted by Crippen LogP contribution is 2.68. The number of aliphatic hydroxyl groups excluding tert-OH is 1. The van der Waals surface area contributed by atoms with E-state index in [4.69, 9.17) is 15.2 Å². The lowest BCUT2D eigenvalue weighted by Crippen LogP contribution is -2.62. The molecule has 4 fully saturated rings. The number of nitrogens with one attached hydrogen (secondary N) is 1. The number of ketones is 2. The number of allylic oxidation sites excluding steroid dienone is 4. The highest BCUT2D eigenvalue weighted by Gasteiger charge is 2.70. The van der Waals surface area contributed by atoms with E-state index < -0.39 is 70.5 Å². The first-order chi connectivity index (χ1) is 28.2. The Morgan fingerprint density at radius 1 is 1.00 bits per heavy atom. The van der Waals surface area contributed by atoms with Gasteiger partial charge in [0, 0.05) is 53.2 Å². The Morgan fingerprint density at radius 3 is 2.49 bits per heavy atom. The zero-order valence-electron chi connectivity index (χ0n) is 33.8. The van der Waals surface area contributed by atoms with Gasteiger partial charge in [-0.2, -0.15) is 0 Å². The molecule has 8 rings (SSSR count). The van der Waals surface area contributed by atoms with Gasteiger partial charge in [0.2, 0.25) is 11.7 Å². The Morgan fingerprint density at radius 2 is 1.75 bits per heavy atom. The number of benzene rings is 2. The fraction of sp³-hybridized carbons (Fsp3) is 0.489. The largest absolute Gasteiger partial charge is 0.465 e. The number of amides is 1. The first-order valence-corrected chi connectivity index (χ1v) is 20.8. The second-order valence-electron chi connectivity index (χ2n) is 18.0. The number of carbonyl (C=O) groups excluding carboxylic acids is 5. The molecule has 5 N–H and O–H groups in total. The molecule has 4 unspecified atom stereocenters. The molecular weight excluding hydrogens is 751 g/mol. The minimum atomic E-state index is -1.81. The van der Waals surface area contributed by atoms with Crippen LogP contribution in [0.15, 0.2) is 84.7 Å². The van der Waals surface area contributed by atoms with Gasteiger partial charge in [0.05, 0.1) is 30.5 Å². The molecule has 0 saturated heterocycles. The Bertz CT molecular complexity index is 2250. The Balaban J connectivity index is 0.804. The third kappa shape index (κ3) is 7.12. The minimum absolute atomic E-state index is 0.0375. The number of anilines is 1. The number of hydrogen-bond acceptors (Lipinski definition) is 11. The van der Waals surface area contributed by atoms with Gasteiger partial charge in [-0.15, -0.1) is 0 Å². The molecule has 0 bridgehead atoms. The average molecular weight is 804 g/mol. The molecule has 5 aliphatic carbocycles. The van der Waals surface area contributed by atoms with Crippen LogP contribution in [0.25, 0.3) is 10.8 Å². The van der Waals surface area contributed by atoms with Crippen molar-refractivity contribution in [2.75, 3.05) is 25.1 Å². The van der Waals surface area contributed by atoms with Gasteiger partial charge >= 0.3 is 11.9 Å². The van der Waals surface area contributed by atoms with Crippen LogP contribution in [-0.4, -0.2) is 76.1 Å². The molecule has 59 heavy (non-hydrogen) atoms. The molecule has 2 aromatic carbocycles. The van der Waals surface area contributed by atoms with Gasteiger partial charge in [-0.3, -0.25) is 29.0 Å². The first-order valence-electron chi connectivity index (χ1n) is 20.8. The lowest BCUT2D eigenvalue weighted by atomic mass is 9.46. The number of rotatable bonds is 12. The summed E-state index contributed by atoms with van der Waals surface area (Å²) in [6, 6.07) is 14.9. The quantitative estimate of drug-likeness (QED) is 0.180. The van der Waals surface area contributed by atoms with Crippen LogP contribution in [-0.2, 0) is 39.9 Å². The maximum absolute atomic E-state index is 13.9. The molecule has 1 aromatic heterocycles. The molecule has 4 saturated carbocycles. The SMILES string of the molecule is C[C@@H]1C[C@H]2[C@@H]3CCC4=CC(=O)C=C[C@]4(C)C3[C@@H](O)C[C@]2(C)[C@@]1(O)C(=O)COC(=O)C1CC1C(=O)OCCc1ccc(C(CN)C(=O)Nc2ccc3cnccc3c2)cc1. The summed E-state index contributed by atoms with van der Waals surface area (Å²) in [4.78, 5) is 69.3. The van der Waals surface area contributed by atoms with Crippen LogP contribution in [0.5, 0.6) is 0 Å². The lowest BCUT2D eigenvalue weighted by Gasteiger charge is -2.59. The summed E-state index contributed by atoms with van der Waals surface area (Å²) < 4.78 is 11.0. The molecule has 12 heteroatoms. The van der Waals surface area contributed by atoms with Crippen molar-refractivity contribution >= 4 is 45.9 Å². The number of aliphatic hydroxyl groups is 2. The maximum atomic E-state index is 13.9. The van der Waals surface area contributed by atoms with Gasteiger partial charge in [0.25, 0.3) is 0 Å². The third-order valence-electron chi connectivity index (χ3n) is 14.7. The normalized spacial score (nSPS) is 33.5. The fourth-order valence-electron chi connectivity index (χ4n) is 11.4. The van der Waals surface area contributed by atoms with E-state index in [1.54, 1.807) is 24.5 Å². The molecule has 310 valence electrons. The Hall–Kier alpha value is -5.04. The lowest BCUT2D eigenvalue weighted by molar-refractivity contribution is -0.186. The number of esters is 2. The molecule has 12 nitrogen and oxygen atoms in total. The number of aromatic nitrogens is 1. The van der Waals surface area contributed by atoms with Crippen molar-refractivity contribution in [3.05, 3.63) is 95.9 Å². The van der Waals surface area contributed by atoms with Crippen molar-refractivity contribution in [1.29, 1.82) is 0 Å². The molecule has 1 amide bonds. The zero-order valence-corrected chi connectivity index (χ0v) is 33.8. The van der Waals surface area contributed by atoms with E-state index >= 15 is 0 Å². The molecule has 0 aliphatic heterocycles. The molecule has 1 heterocycles. The molecular formula is C47H53N3O9. The van der Waals surface area contributed by atoms with E-state index in [2.05, 4.69) is 17.2 Å². The summed E-state index contributed by atoms with van der Waals surface area (Å²) in [5.41, 5.74) is 6.14. The maximum Gasteiger partial charge on any atom is 0.310 e. The van der Waals surface area contributed by atoms with Gasteiger partial charge in [-0.05, 0) is 96.7 Å². The summed E-state index contributed by atoms with van der Waals surface area (Å²) in [5, 5.41) is 28.9. The van der Waals surface area contributed by atoms with Crippen LogP contribution in [0.3, 0.4) is 0 Å². The molecule has 3 aromatic rings. The first kappa shape index (κ1) is 40.7. The van der Waals surface area contributed by atoms with E-state index in [0.717, 1.165) is 33.9 Å². The van der Waals surface area contributed by atoms with Crippen molar-refractivity contribution in [2.24, 2.45) is 52.1 Å². The highest BCUT2D eigenvalue weighted by atomic mass is 16.5. The van der Waals surface area contributed by atoms with Crippen LogP contribution in [0, 0.1) is 46.3 Å². The van der Waals surface area contributed by atoms with Crippen molar-refractivity contribution < 1.29 is 43.7 Å². The van der Waals surface area contributed by atoms with Gasteiger partial charge in [0.15, 0.2) is 12.4 Å². The molecule has 5 aliphatic rings. The zero-order chi connectivity index (χ0) is 41.9. The van der Waals surface area contributed by atoms with E-state index in [1.165, 1.54) is 0 Å². The van der Waals surface area contributed by atoms with E-state index in [1.807, 2.05) is 68.5 Å². The van der Waals surface area contributed by atoms with Crippen LogP contribution >= 0.6 is 0 Å². The summed E-state index contributed by atoms with van der Waals surface area (Å²) in [6.07, 6.45) is 10.8. The van der Waals surface area contributed by atoms with Crippen molar-refractivity contribution in [2.45, 2.75) is 76.9 Å². The number of pyridine rings is 1. The average Bonchev–Trinajstić information content (AvgIpc) is 4.00. The summed E-state index contributed by atoms with van der Waals surface area (Å²) >= 11 is 0.